The average Bonchev–Trinajstić information content (AvgIpc) is 1.41. The summed E-state index contributed by atoms with van der Waals surface area (Å²) in [7, 11) is 0. The Kier molecular flexibility index (Phi) is 13.4. The number of allylic oxidation sites excluding steroid dienone is 1. The van der Waals surface area contributed by atoms with Gasteiger partial charge in [-0.2, -0.15) is 0 Å². The zero-order valence-electron chi connectivity index (χ0n) is 3.68. The van der Waals surface area contributed by atoms with Crippen molar-refractivity contribution in [2.45, 2.75) is 6.92 Å². The van der Waals surface area contributed by atoms with Crippen molar-refractivity contribution < 1.29 is 0 Å². The molecule has 0 fully saturated rings. The van der Waals surface area contributed by atoms with Gasteiger partial charge in [0.1, 0.15) is 0 Å². The van der Waals surface area contributed by atoms with Gasteiger partial charge in [-0.1, -0.05) is 6.58 Å². The van der Waals surface area contributed by atoms with Crippen molar-refractivity contribution in [3.63, 3.8) is 0 Å². The molecule has 3 heteroatoms. The summed E-state index contributed by atoms with van der Waals surface area (Å²) in [4.78, 5) is 0. The molecule has 0 amide bonds. The van der Waals surface area contributed by atoms with Gasteiger partial charge in [-0.15, -0.1) is 0 Å². The van der Waals surface area contributed by atoms with Crippen LogP contribution >= 0.6 is 0 Å². The van der Waals surface area contributed by atoms with E-state index in [-0.39, 0.29) is 0 Å². The molecule has 0 heterocycles. The fourth-order valence-corrected chi connectivity index (χ4v) is 0. The van der Waals surface area contributed by atoms with Crippen LogP contribution in [0, 0.1) is 10.8 Å². The van der Waals surface area contributed by atoms with Gasteiger partial charge in [0.25, 0.3) is 0 Å². The number of nitrogens with zero attached hydrogens (tertiary/aromatic N) is 2. The van der Waals surface area contributed by atoms with E-state index in [2.05, 4.69) is 6.58 Å². The summed E-state index contributed by atoms with van der Waals surface area (Å²) in [5, 5.41) is 12.0. The van der Waals surface area contributed by atoms with E-state index < -0.39 is 0 Å². The average molecular weight is 85.1 g/mol. The smallest absolute Gasteiger partial charge is 0 e. The fourth-order valence-electron chi connectivity index (χ4n) is 0. The lowest BCUT2D eigenvalue weighted by Crippen LogP contribution is -1.83. The van der Waals surface area contributed by atoms with Gasteiger partial charge in [-0.25, -0.2) is 0 Å². The van der Waals surface area contributed by atoms with E-state index in [0.717, 1.165) is 0 Å². The lowest BCUT2D eigenvalue weighted by atomic mass is 10.6. The first-order valence-electron chi connectivity index (χ1n) is 1.34. The summed E-state index contributed by atoms with van der Waals surface area (Å²) in [6.45, 7) is 5.08. The van der Waals surface area contributed by atoms with Crippen LogP contribution in [0.25, 0.3) is 0 Å². The molecule has 0 aromatic heterocycles. The van der Waals surface area contributed by atoms with Gasteiger partial charge in [0.15, 0.2) is 0 Å². The number of hydrogen-bond donors (Lipinski definition) is 1. The molecule has 0 aliphatic heterocycles. The Bertz CT molecular complexity index is 50.3. The van der Waals surface area contributed by atoms with Crippen LogP contribution in [0.5, 0.6) is 0 Å². The molecule has 0 aliphatic rings. The largest absolute Gasteiger partial charge is 0.403 e. The van der Waals surface area contributed by atoms with Gasteiger partial charge in [0.2, 0.25) is 0 Å². The zero-order chi connectivity index (χ0) is 5.58. The van der Waals surface area contributed by atoms with Crippen LogP contribution in [0.4, 0.5) is 0 Å². The van der Waals surface area contributed by atoms with E-state index in [1.54, 1.807) is 6.92 Å². The Balaban J connectivity index is 0. The molecule has 0 rings (SSSR count). The van der Waals surface area contributed by atoms with Crippen molar-refractivity contribution in [1.29, 1.82) is 10.8 Å². The molecular weight excluding hydrogens is 78.1 g/mol. The molecule has 0 aromatic carbocycles. The minimum Gasteiger partial charge on any atom is -0.403 e. The van der Waals surface area contributed by atoms with E-state index in [4.69, 9.17) is 16.5 Å². The minimum absolute atomic E-state index is 0.667. The highest BCUT2D eigenvalue weighted by Crippen LogP contribution is 1.58. The maximum Gasteiger partial charge on any atom is 0 e. The van der Waals surface area contributed by atoms with Crippen LogP contribution in [0.2, 0.25) is 0 Å². The van der Waals surface area contributed by atoms with Crippen LogP contribution in [0.1, 0.15) is 6.92 Å². The minimum atomic E-state index is 0.667. The molecule has 0 saturated carbocycles. The van der Waals surface area contributed by atoms with E-state index in [9.17, 15) is 0 Å². The van der Waals surface area contributed by atoms with Gasteiger partial charge in [-0.3, -0.25) is 0 Å². The number of hydrogen-bond acceptors (Lipinski definition) is 3. The van der Waals surface area contributed by atoms with Crippen LogP contribution in [0.15, 0.2) is 12.3 Å². The third kappa shape index (κ3) is 10.5. The summed E-state index contributed by atoms with van der Waals surface area (Å²) in [5.41, 5.74) is 5.58. The Morgan fingerprint density at radius 3 is 1.67 bits per heavy atom. The second-order valence-electron chi connectivity index (χ2n) is 0.846. The van der Waals surface area contributed by atoms with Crippen LogP contribution in [-0.4, -0.2) is 0 Å². The predicted molar refractivity (Wildman–Crippen MR) is 22.5 cm³/mol. The molecule has 0 radical (unpaired) electrons. The molecule has 3 nitrogen and oxygen atoms in total. The molecule has 0 aliphatic carbocycles. The normalized spacial score (nSPS) is 4.50. The van der Waals surface area contributed by atoms with Gasteiger partial charge in [0.05, 0.1) is 0 Å². The highest BCUT2D eigenvalue weighted by molar-refractivity contribution is 4.76. The Morgan fingerprint density at radius 1 is 1.67 bits per heavy atom. The van der Waals surface area contributed by atoms with Gasteiger partial charge < -0.3 is 5.73 Å². The molecule has 2 N–H and O–H groups in total. The predicted octanol–water partition coefficient (Wildman–Crippen LogP) is 0.509. The van der Waals surface area contributed by atoms with Crippen molar-refractivity contribution in [3.05, 3.63) is 12.3 Å². The maximum absolute atomic E-state index is 6.00. The Labute approximate surface area is 36.9 Å². The van der Waals surface area contributed by atoms with Gasteiger partial charge in [-0.05, 0) is 12.6 Å². The van der Waals surface area contributed by atoms with Crippen LogP contribution in [-0.2, 0) is 0 Å². The molecular formula is C3H7N3. The SMILES string of the molecule is C=C(C)N.N#N. The molecule has 0 aromatic rings. The molecule has 34 valence electrons. The molecule has 6 heavy (non-hydrogen) atoms. The van der Waals surface area contributed by atoms with Crippen LogP contribution in [0.3, 0.4) is 0 Å². The highest BCUT2D eigenvalue weighted by Gasteiger charge is 1.50. The van der Waals surface area contributed by atoms with E-state index in [1.807, 2.05) is 0 Å². The van der Waals surface area contributed by atoms with E-state index in [1.165, 1.54) is 0 Å². The third-order valence-corrected chi connectivity index (χ3v) is 0. The van der Waals surface area contributed by atoms with Crippen molar-refractivity contribution in [3.8, 4) is 0 Å². The van der Waals surface area contributed by atoms with Crippen molar-refractivity contribution in [2.24, 2.45) is 5.73 Å². The fraction of sp³-hybridized carbons (Fsp3) is 0.333. The summed E-state index contributed by atoms with van der Waals surface area (Å²) >= 11 is 0. The number of nitrogens with two attached hydrogens (primary N) is 1. The topological polar surface area (TPSA) is 73.6 Å². The van der Waals surface area contributed by atoms with E-state index in [0.29, 0.717) is 5.70 Å². The standard InChI is InChI=1S/C3H7N.N2/c1-3(2)4;1-2/h1,4H2,2H3;. The maximum atomic E-state index is 6.00. The molecule has 0 atom stereocenters. The summed E-state index contributed by atoms with van der Waals surface area (Å²) in [6.07, 6.45) is 0. The van der Waals surface area contributed by atoms with Crippen molar-refractivity contribution >= 4 is 0 Å². The molecule has 0 spiro atoms. The zero-order valence-corrected chi connectivity index (χ0v) is 3.68. The van der Waals surface area contributed by atoms with Crippen molar-refractivity contribution in [1.82, 2.24) is 0 Å². The lowest BCUT2D eigenvalue weighted by Gasteiger charge is -1.69. The molecule has 0 bridgehead atoms. The highest BCUT2D eigenvalue weighted by atomic mass is 14.6. The van der Waals surface area contributed by atoms with Gasteiger partial charge >= 0.3 is 0 Å². The summed E-state index contributed by atoms with van der Waals surface area (Å²) < 4.78 is 0. The van der Waals surface area contributed by atoms with Crippen molar-refractivity contribution in [2.75, 3.05) is 0 Å². The molecule has 0 unspecified atom stereocenters. The third-order valence-electron chi connectivity index (χ3n) is 0. The first kappa shape index (κ1) is 8.88. The van der Waals surface area contributed by atoms with Crippen LogP contribution < -0.4 is 5.73 Å². The summed E-state index contributed by atoms with van der Waals surface area (Å²) in [6, 6.07) is 0. The second kappa shape index (κ2) is 9.03. The monoisotopic (exact) mass is 85.1 g/mol. The van der Waals surface area contributed by atoms with Gasteiger partial charge in [0, 0.05) is 10.8 Å². The quantitative estimate of drug-likeness (QED) is 0.435. The summed E-state index contributed by atoms with van der Waals surface area (Å²) in [5.74, 6) is 0. The Hall–Kier alpha value is -1.04. The first-order valence-corrected chi connectivity index (χ1v) is 1.34. The second-order valence-corrected chi connectivity index (χ2v) is 0.846. The number of rotatable bonds is 0. The van der Waals surface area contributed by atoms with E-state index >= 15 is 0 Å². The first-order chi connectivity index (χ1) is 2.73. The molecule has 0 saturated heterocycles. The lowest BCUT2D eigenvalue weighted by molar-refractivity contribution is 1.15. The Morgan fingerprint density at radius 2 is 1.67 bits per heavy atom.